The van der Waals surface area contributed by atoms with Crippen LogP contribution in [0, 0.1) is 0 Å². The molecular weight excluding hydrogens is 332 g/mol. The third-order valence-electron chi connectivity index (χ3n) is 3.92. The number of ether oxygens (including phenoxy) is 2. The molecule has 2 amide bonds. The van der Waals surface area contributed by atoms with E-state index in [2.05, 4.69) is 31.6 Å². The summed E-state index contributed by atoms with van der Waals surface area (Å²) in [4.78, 5) is 24.5. The minimum absolute atomic E-state index is 0.00857. The van der Waals surface area contributed by atoms with Crippen LogP contribution in [0.3, 0.4) is 0 Å². The number of hydrogen-bond donors (Lipinski definition) is 2. The van der Waals surface area contributed by atoms with Crippen LogP contribution in [0.2, 0.25) is 0 Å². The van der Waals surface area contributed by atoms with Crippen LogP contribution in [0.15, 0.2) is 42.5 Å². The molecule has 138 valence electrons. The van der Waals surface area contributed by atoms with Gasteiger partial charge in [0.15, 0.2) is 0 Å². The van der Waals surface area contributed by atoms with Crippen LogP contribution in [-0.4, -0.2) is 26.0 Å². The minimum atomic E-state index is -0.470. The van der Waals surface area contributed by atoms with Gasteiger partial charge in [0.2, 0.25) is 0 Å². The highest BCUT2D eigenvalue weighted by Crippen LogP contribution is 2.23. The van der Waals surface area contributed by atoms with Crippen LogP contribution in [0.1, 0.15) is 47.1 Å². The summed E-state index contributed by atoms with van der Waals surface area (Å²) in [6.45, 7) is 6.31. The molecule has 0 aliphatic heterocycles. The fraction of sp³-hybridized carbons (Fsp3) is 0.300. The summed E-state index contributed by atoms with van der Waals surface area (Å²) in [5.41, 5.74) is 6.71. The molecule has 0 aliphatic carbocycles. The van der Waals surface area contributed by atoms with Gasteiger partial charge in [-0.2, -0.15) is 0 Å². The normalized spacial score (nSPS) is 10.8. The van der Waals surface area contributed by atoms with Crippen LogP contribution in [-0.2, 0) is 5.41 Å². The lowest BCUT2D eigenvalue weighted by Gasteiger charge is -2.19. The van der Waals surface area contributed by atoms with Crippen molar-refractivity contribution in [3.8, 4) is 11.5 Å². The Morgan fingerprint density at radius 1 is 0.769 bits per heavy atom. The van der Waals surface area contributed by atoms with Gasteiger partial charge >= 0.3 is 0 Å². The Labute approximate surface area is 153 Å². The highest BCUT2D eigenvalue weighted by molar-refractivity contribution is 5.99. The smallest absolute Gasteiger partial charge is 0.269 e. The lowest BCUT2D eigenvalue weighted by atomic mass is 9.87. The van der Waals surface area contributed by atoms with E-state index in [9.17, 15) is 9.59 Å². The highest BCUT2D eigenvalue weighted by Gasteiger charge is 2.15. The molecule has 0 bridgehead atoms. The van der Waals surface area contributed by atoms with Gasteiger partial charge in [-0.15, -0.1) is 0 Å². The second-order valence-corrected chi connectivity index (χ2v) is 6.84. The van der Waals surface area contributed by atoms with Gasteiger partial charge in [0.1, 0.15) is 11.5 Å². The molecule has 26 heavy (non-hydrogen) atoms. The molecule has 0 atom stereocenters. The number of nitrogens with one attached hydrogen (secondary N) is 2. The van der Waals surface area contributed by atoms with Crippen molar-refractivity contribution in [3.63, 3.8) is 0 Å². The van der Waals surface area contributed by atoms with Crippen molar-refractivity contribution in [1.29, 1.82) is 0 Å². The zero-order valence-electron chi connectivity index (χ0n) is 15.7. The second kappa shape index (κ2) is 7.91. The number of rotatable bonds is 4. The first-order valence-corrected chi connectivity index (χ1v) is 8.19. The van der Waals surface area contributed by atoms with Gasteiger partial charge in [-0.25, -0.2) is 0 Å². The molecule has 0 spiro atoms. The van der Waals surface area contributed by atoms with E-state index in [1.807, 2.05) is 12.1 Å². The Morgan fingerprint density at radius 2 is 1.23 bits per heavy atom. The number of methoxy groups -OCH3 is 2. The van der Waals surface area contributed by atoms with E-state index in [0.717, 1.165) is 5.56 Å². The van der Waals surface area contributed by atoms with Crippen molar-refractivity contribution in [2.75, 3.05) is 14.2 Å². The molecule has 0 saturated heterocycles. The largest absolute Gasteiger partial charge is 0.497 e. The average molecular weight is 356 g/mol. The Hall–Kier alpha value is -3.02. The molecule has 0 unspecified atom stereocenters. The summed E-state index contributed by atoms with van der Waals surface area (Å²) in [5.74, 6) is 0.104. The molecule has 0 radical (unpaired) electrons. The molecule has 0 aliphatic rings. The molecule has 2 rings (SSSR count). The van der Waals surface area contributed by atoms with Crippen LogP contribution >= 0.6 is 0 Å². The Balaban J connectivity index is 2.04. The van der Waals surface area contributed by atoms with E-state index in [-0.39, 0.29) is 5.41 Å². The van der Waals surface area contributed by atoms with E-state index in [4.69, 9.17) is 9.47 Å². The van der Waals surface area contributed by atoms with Crippen molar-refractivity contribution < 1.29 is 19.1 Å². The molecule has 2 aromatic rings. The van der Waals surface area contributed by atoms with Crippen LogP contribution < -0.4 is 20.3 Å². The number of hydrogen-bond acceptors (Lipinski definition) is 4. The molecule has 0 saturated carbocycles. The van der Waals surface area contributed by atoms with Gasteiger partial charge < -0.3 is 9.47 Å². The SMILES string of the molecule is COc1cc(OC)cc(C(=O)NNC(=O)c2ccc(C(C)(C)C)cc2)c1. The molecule has 0 heterocycles. The zero-order chi connectivity index (χ0) is 19.3. The maximum absolute atomic E-state index is 12.3. The number of carbonyl (C=O) groups is 2. The third kappa shape index (κ3) is 4.75. The zero-order valence-corrected chi connectivity index (χ0v) is 15.7. The van der Waals surface area contributed by atoms with E-state index in [1.165, 1.54) is 14.2 Å². The van der Waals surface area contributed by atoms with E-state index >= 15 is 0 Å². The molecule has 2 N–H and O–H groups in total. The van der Waals surface area contributed by atoms with Gasteiger partial charge in [0.05, 0.1) is 14.2 Å². The Morgan fingerprint density at radius 3 is 1.65 bits per heavy atom. The Kier molecular flexibility index (Phi) is 5.87. The number of hydrazine groups is 1. The van der Waals surface area contributed by atoms with Crippen LogP contribution in [0.4, 0.5) is 0 Å². The summed E-state index contributed by atoms with van der Waals surface area (Å²) in [6.07, 6.45) is 0. The van der Waals surface area contributed by atoms with Gasteiger partial charge in [-0.3, -0.25) is 20.4 Å². The molecule has 6 nitrogen and oxygen atoms in total. The maximum Gasteiger partial charge on any atom is 0.269 e. The fourth-order valence-corrected chi connectivity index (χ4v) is 2.32. The minimum Gasteiger partial charge on any atom is -0.497 e. The molecular formula is C20H24N2O4. The molecule has 0 aromatic heterocycles. The Bertz CT molecular complexity index is 770. The predicted octanol–water partition coefficient (Wildman–Crippen LogP) is 3.08. The van der Waals surface area contributed by atoms with Crippen molar-refractivity contribution in [1.82, 2.24) is 10.9 Å². The van der Waals surface area contributed by atoms with Crippen molar-refractivity contribution in [2.45, 2.75) is 26.2 Å². The third-order valence-corrected chi connectivity index (χ3v) is 3.92. The molecule has 2 aromatic carbocycles. The van der Waals surface area contributed by atoms with E-state index in [1.54, 1.807) is 30.3 Å². The number of benzene rings is 2. The van der Waals surface area contributed by atoms with Gasteiger partial charge in [0.25, 0.3) is 11.8 Å². The number of carbonyl (C=O) groups excluding carboxylic acids is 2. The number of amides is 2. The fourth-order valence-electron chi connectivity index (χ4n) is 2.32. The van der Waals surface area contributed by atoms with Crippen molar-refractivity contribution in [3.05, 3.63) is 59.2 Å². The maximum atomic E-state index is 12.3. The first-order valence-electron chi connectivity index (χ1n) is 8.19. The van der Waals surface area contributed by atoms with Gasteiger partial charge in [-0.05, 0) is 35.2 Å². The predicted molar refractivity (Wildman–Crippen MR) is 99.6 cm³/mol. The quantitative estimate of drug-likeness (QED) is 0.826. The summed E-state index contributed by atoms with van der Waals surface area (Å²) in [5, 5.41) is 0. The van der Waals surface area contributed by atoms with Gasteiger partial charge in [-0.1, -0.05) is 32.9 Å². The average Bonchev–Trinajstić information content (AvgIpc) is 2.64. The van der Waals surface area contributed by atoms with Crippen molar-refractivity contribution in [2.24, 2.45) is 0 Å². The molecule has 6 heteroatoms. The second-order valence-electron chi connectivity index (χ2n) is 6.84. The lowest BCUT2D eigenvalue weighted by Crippen LogP contribution is -2.41. The van der Waals surface area contributed by atoms with Crippen LogP contribution in [0.5, 0.6) is 11.5 Å². The summed E-state index contributed by atoms with van der Waals surface area (Å²) >= 11 is 0. The first-order chi connectivity index (χ1) is 12.2. The van der Waals surface area contributed by atoms with Crippen LogP contribution in [0.25, 0.3) is 0 Å². The summed E-state index contributed by atoms with van der Waals surface area (Å²) < 4.78 is 10.3. The lowest BCUT2D eigenvalue weighted by molar-refractivity contribution is 0.0846. The van der Waals surface area contributed by atoms with Crippen molar-refractivity contribution >= 4 is 11.8 Å². The summed E-state index contributed by atoms with van der Waals surface area (Å²) in [6, 6.07) is 12.1. The van der Waals surface area contributed by atoms with E-state index < -0.39 is 11.8 Å². The standard InChI is InChI=1S/C20H24N2O4/c1-20(2,3)15-8-6-13(7-9-15)18(23)21-22-19(24)14-10-16(25-4)12-17(11-14)26-5/h6-12H,1-5H3,(H,21,23)(H,22,24). The van der Waals surface area contributed by atoms with E-state index in [0.29, 0.717) is 22.6 Å². The summed E-state index contributed by atoms with van der Waals surface area (Å²) in [7, 11) is 3.00. The van der Waals surface area contributed by atoms with Gasteiger partial charge in [0, 0.05) is 17.2 Å². The molecule has 0 fully saturated rings. The first kappa shape index (κ1) is 19.3. The topological polar surface area (TPSA) is 76.7 Å². The monoisotopic (exact) mass is 356 g/mol. The highest BCUT2D eigenvalue weighted by atomic mass is 16.5.